The lowest BCUT2D eigenvalue weighted by molar-refractivity contribution is -0.130. The number of carbonyl (C=O) groups excluding carboxylic acids is 1. The number of halogens is 1. The summed E-state index contributed by atoms with van der Waals surface area (Å²) in [6, 6.07) is 7.69. The topological polar surface area (TPSA) is 78.4 Å². The molecule has 8 nitrogen and oxygen atoms in total. The van der Waals surface area contributed by atoms with Crippen molar-refractivity contribution in [1.29, 1.82) is 0 Å². The van der Waals surface area contributed by atoms with Crippen LogP contribution in [0.4, 0.5) is 0 Å². The average Bonchev–Trinajstić information content (AvgIpc) is 2.69. The Morgan fingerprint density at radius 3 is 2.59 bits per heavy atom. The van der Waals surface area contributed by atoms with E-state index >= 15 is 0 Å². The quantitative estimate of drug-likeness (QED) is 0.188. The Bertz CT molecular complexity index is 614. The van der Waals surface area contributed by atoms with Crippen LogP contribution in [0.2, 0.25) is 0 Å². The lowest BCUT2D eigenvalue weighted by Gasteiger charge is -2.18. The zero-order valence-corrected chi connectivity index (χ0v) is 20.6. The molecule has 166 valence electrons. The smallest absolute Gasteiger partial charge is 0.259 e. The van der Waals surface area contributed by atoms with E-state index < -0.39 is 0 Å². The van der Waals surface area contributed by atoms with Gasteiger partial charge in [0.15, 0.2) is 12.6 Å². The fourth-order valence-electron chi connectivity index (χ4n) is 2.38. The van der Waals surface area contributed by atoms with Gasteiger partial charge < -0.3 is 29.9 Å². The van der Waals surface area contributed by atoms with Crippen LogP contribution in [0.3, 0.4) is 0 Å². The minimum absolute atomic E-state index is 0. The fourth-order valence-corrected chi connectivity index (χ4v) is 2.38. The molecule has 0 unspecified atom stereocenters. The van der Waals surface area contributed by atoms with Gasteiger partial charge in [0.05, 0.1) is 0 Å². The third kappa shape index (κ3) is 12.6. The summed E-state index contributed by atoms with van der Waals surface area (Å²) in [4.78, 5) is 19.7. The van der Waals surface area contributed by atoms with E-state index in [1.54, 1.807) is 28.3 Å². The Morgan fingerprint density at radius 2 is 1.93 bits per heavy atom. The Hall–Kier alpha value is -1.59. The molecule has 0 fully saturated rings. The van der Waals surface area contributed by atoms with Gasteiger partial charge in [-0.3, -0.25) is 9.79 Å². The molecule has 0 atom stereocenters. The van der Waals surface area contributed by atoms with Crippen LogP contribution >= 0.6 is 24.0 Å². The predicted molar refractivity (Wildman–Crippen MR) is 128 cm³/mol. The lowest BCUT2D eigenvalue weighted by Crippen LogP contribution is -2.40. The number of guanidine groups is 1. The monoisotopic (exact) mass is 521 g/mol. The molecule has 1 amide bonds. The van der Waals surface area contributed by atoms with Gasteiger partial charge in [-0.15, -0.1) is 24.0 Å². The van der Waals surface area contributed by atoms with Gasteiger partial charge in [-0.1, -0.05) is 12.1 Å². The number of rotatable bonds is 12. The van der Waals surface area contributed by atoms with E-state index in [1.807, 2.05) is 24.3 Å². The van der Waals surface area contributed by atoms with Crippen LogP contribution in [-0.2, 0) is 16.1 Å². The molecule has 0 spiro atoms. The second kappa shape index (κ2) is 16.2. The maximum absolute atomic E-state index is 11.6. The van der Waals surface area contributed by atoms with Crippen LogP contribution in [0.25, 0.3) is 0 Å². The molecule has 2 N–H and O–H groups in total. The van der Waals surface area contributed by atoms with E-state index in [1.165, 1.54) is 4.90 Å². The van der Waals surface area contributed by atoms with Crippen molar-refractivity contribution >= 4 is 35.8 Å². The summed E-state index contributed by atoms with van der Waals surface area (Å²) >= 11 is 0. The van der Waals surface area contributed by atoms with E-state index in [4.69, 9.17) is 9.47 Å². The van der Waals surface area contributed by atoms with Crippen molar-refractivity contribution in [1.82, 2.24) is 20.4 Å². The highest BCUT2D eigenvalue weighted by Crippen LogP contribution is 2.13. The molecule has 0 radical (unpaired) electrons. The summed E-state index contributed by atoms with van der Waals surface area (Å²) < 4.78 is 10.6. The van der Waals surface area contributed by atoms with Crippen LogP contribution in [0.1, 0.15) is 12.0 Å². The summed E-state index contributed by atoms with van der Waals surface area (Å²) in [5.41, 5.74) is 1.05. The van der Waals surface area contributed by atoms with Gasteiger partial charge in [0, 0.05) is 61.0 Å². The molecule has 1 rings (SSSR count). The highest BCUT2D eigenvalue weighted by atomic mass is 127. The number of hydrogen-bond acceptors (Lipinski definition) is 5. The second-order valence-corrected chi connectivity index (χ2v) is 6.73. The summed E-state index contributed by atoms with van der Waals surface area (Å²) in [5, 5.41) is 6.60. The molecule has 0 bridgehead atoms. The van der Waals surface area contributed by atoms with Crippen LogP contribution < -0.4 is 15.4 Å². The largest absolute Gasteiger partial charge is 0.484 e. The Morgan fingerprint density at radius 1 is 1.17 bits per heavy atom. The normalized spacial score (nSPS) is 11.0. The molecule has 9 heteroatoms. The second-order valence-electron chi connectivity index (χ2n) is 6.73. The molecule has 1 aromatic rings. The highest BCUT2D eigenvalue weighted by Gasteiger charge is 2.06. The molecule has 0 aromatic heterocycles. The van der Waals surface area contributed by atoms with Crippen molar-refractivity contribution in [2.75, 3.05) is 68.1 Å². The summed E-state index contributed by atoms with van der Waals surface area (Å²) in [6.07, 6.45) is 1.03. The number of amides is 1. The van der Waals surface area contributed by atoms with E-state index in [9.17, 15) is 4.79 Å². The first-order valence-corrected chi connectivity index (χ1v) is 9.50. The predicted octanol–water partition coefficient (Wildman–Crippen LogP) is 1.40. The molecule has 0 aliphatic rings. The third-order valence-electron chi connectivity index (χ3n) is 4.12. The van der Waals surface area contributed by atoms with Gasteiger partial charge in [0.2, 0.25) is 0 Å². The maximum Gasteiger partial charge on any atom is 0.259 e. The van der Waals surface area contributed by atoms with Crippen molar-refractivity contribution in [2.45, 2.75) is 13.0 Å². The summed E-state index contributed by atoms with van der Waals surface area (Å²) in [5.74, 6) is 1.36. The molecule has 0 aliphatic heterocycles. The van der Waals surface area contributed by atoms with E-state index in [-0.39, 0.29) is 36.5 Å². The van der Waals surface area contributed by atoms with Crippen molar-refractivity contribution in [2.24, 2.45) is 4.99 Å². The van der Waals surface area contributed by atoms with Crippen LogP contribution in [0.15, 0.2) is 29.3 Å². The molecule has 0 heterocycles. The molecular weight excluding hydrogens is 485 g/mol. The first-order valence-electron chi connectivity index (χ1n) is 9.50. The molecule has 0 saturated carbocycles. The molecule has 1 aromatic carbocycles. The molecule has 0 aliphatic carbocycles. The lowest BCUT2D eigenvalue weighted by atomic mass is 10.2. The summed E-state index contributed by atoms with van der Waals surface area (Å²) in [7, 11) is 9.00. The van der Waals surface area contributed by atoms with Crippen LogP contribution in [-0.4, -0.2) is 89.8 Å². The molecule has 0 saturated heterocycles. The van der Waals surface area contributed by atoms with Gasteiger partial charge in [-0.05, 0) is 31.2 Å². The van der Waals surface area contributed by atoms with E-state index in [2.05, 4.69) is 27.6 Å². The van der Waals surface area contributed by atoms with Crippen molar-refractivity contribution in [3.8, 4) is 5.75 Å². The third-order valence-corrected chi connectivity index (χ3v) is 4.12. The standard InChI is InChI=1S/C20H35N5O3.HI/c1-21-20(22-10-12-25(4)11-7-13-27-5)23-15-17-8-6-9-18(14-17)28-16-19(26)24(2)3;/h6,8-9,14H,7,10-13,15-16H2,1-5H3,(H2,21,22,23);1H. The number of hydrogen-bond donors (Lipinski definition) is 2. The van der Waals surface area contributed by atoms with Gasteiger partial charge >= 0.3 is 0 Å². The summed E-state index contributed by atoms with van der Waals surface area (Å²) in [6.45, 7) is 4.16. The minimum Gasteiger partial charge on any atom is -0.484 e. The number of nitrogens with zero attached hydrogens (tertiary/aromatic N) is 3. The van der Waals surface area contributed by atoms with Crippen molar-refractivity contribution in [3.63, 3.8) is 0 Å². The van der Waals surface area contributed by atoms with Gasteiger partial charge in [0.25, 0.3) is 5.91 Å². The van der Waals surface area contributed by atoms with E-state index in [0.29, 0.717) is 12.3 Å². The zero-order chi connectivity index (χ0) is 20.8. The first kappa shape index (κ1) is 27.4. The number of nitrogens with one attached hydrogen (secondary N) is 2. The van der Waals surface area contributed by atoms with Crippen molar-refractivity contribution < 1.29 is 14.3 Å². The number of methoxy groups -OCH3 is 1. The molecule has 29 heavy (non-hydrogen) atoms. The Labute approximate surface area is 192 Å². The molecular formula is C20H36IN5O3. The van der Waals surface area contributed by atoms with Crippen molar-refractivity contribution in [3.05, 3.63) is 29.8 Å². The fraction of sp³-hybridized carbons (Fsp3) is 0.600. The van der Waals surface area contributed by atoms with Gasteiger partial charge in [-0.2, -0.15) is 0 Å². The van der Waals surface area contributed by atoms with Gasteiger partial charge in [-0.25, -0.2) is 0 Å². The Kier molecular flexibility index (Phi) is 15.3. The van der Waals surface area contributed by atoms with Crippen LogP contribution in [0.5, 0.6) is 5.75 Å². The van der Waals surface area contributed by atoms with Gasteiger partial charge in [0.1, 0.15) is 5.75 Å². The SMILES string of the molecule is CN=C(NCCN(C)CCCOC)NCc1cccc(OCC(=O)N(C)C)c1.I. The average molecular weight is 521 g/mol. The van der Waals surface area contributed by atoms with Crippen LogP contribution in [0, 0.1) is 0 Å². The zero-order valence-electron chi connectivity index (χ0n) is 18.2. The number of carbonyl (C=O) groups is 1. The number of likely N-dealkylation sites (N-methyl/N-ethyl adjacent to an activating group) is 2. The Balaban J connectivity index is 0.00000784. The van der Waals surface area contributed by atoms with E-state index in [0.717, 1.165) is 44.2 Å². The number of ether oxygens (including phenoxy) is 2. The number of aliphatic imine (C=N–C) groups is 1. The highest BCUT2D eigenvalue weighted by molar-refractivity contribution is 14.0. The maximum atomic E-state index is 11.6. The minimum atomic E-state index is -0.0691. The first-order chi connectivity index (χ1) is 13.5. The number of benzene rings is 1.